The lowest BCUT2D eigenvalue weighted by Gasteiger charge is -2.11. The number of guanidine groups is 1. The van der Waals surface area contributed by atoms with Crippen molar-refractivity contribution in [3.8, 4) is 0 Å². The van der Waals surface area contributed by atoms with Gasteiger partial charge in [-0.3, -0.25) is 4.99 Å². The predicted molar refractivity (Wildman–Crippen MR) is 93.0 cm³/mol. The van der Waals surface area contributed by atoms with Gasteiger partial charge < -0.3 is 10.6 Å². The van der Waals surface area contributed by atoms with Gasteiger partial charge in [0, 0.05) is 35.0 Å². The first kappa shape index (κ1) is 18.9. The second kappa shape index (κ2) is 7.40. The number of aromatic nitrogens is 1. The van der Waals surface area contributed by atoms with Crippen LogP contribution < -0.4 is 10.6 Å². The van der Waals surface area contributed by atoms with Crippen LogP contribution in [-0.2, 0) is 12.7 Å². The van der Waals surface area contributed by atoms with Gasteiger partial charge in [-0.05, 0) is 18.6 Å². The van der Waals surface area contributed by atoms with E-state index in [4.69, 9.17) is 11.6 Å². The predicted octanol–water partition coefficient (Wildman–Crippen LogP) is 4.18. The van der Waals surface area contributed by atoms with Crippen molar-refractivity contribution in [2.75, 3.05) is 7.05 Å². The summed E-state index contributed by atoms with van der Waals surface area (Å²) < 4.78 is 51.6. The Kier molecular flexibility index (Phi) is 5.38. The van der Waals surface area contributed by atoms with E-state index in [0.717, 1.165) is 16.7 Å². The highest BCUT2D eigenvalue weighted by molar-refractivity contribution is 7.09. The van der Waals surface area contributed by atoms with Crippen LogP contribution in [0, 0.1) is 5.82 Å². The molecular formula is C16H15ClF4N4S. The second-order valence-electron chi connectivity index (χ2n) is 5.78. The van der Waals surface area contributed by atoms with Crippen molar-refractivity contribution in [2.45, 2.75) is 31.1 Å². The Hall–Kier alpha value is -1.87. The third kappa shape index (κ3) is 4.27. The molecule has 0 spiro atoms. The number of thiazole rings is 1. The van der Waals surface area contributed by atoms with Crippen molar-refractivity contribution < 1.29 is 17.6 Å². The summed E-state index contributed by atoms with van der Waals surface area (Å²) in [5.74, 6) is -0.00937. The van der Waals surface area contributed by atoms with Crippen LogP contribution in [0.25, 0.3) is 0 Å². The van der Waals surface area contributed by atoms with Gasteiger partial charge in [0.15, 0.2) is 11.7 Å². The summed E-state index contributed by atoms with van der Waals surface area (Å²) in [4.78, 5) is 7.58. The van der Waals surface area contributed by atoms with Crippen molar-refractivity contribution in [1.29, 1.82) is 0 Å². The molecule has 3 rings (SSSR count). The van der Waals surface area contributed by atoms with E-state index in [9.17, 15) is 17.6 Å². The number of hydrogen-bond donors (Lipinski definition) is 2. The Morgan fingerprint density at radius 3 is 2.81 bits per heavy atom. The molecule has 0 radical (unpaired) electrons. The maximum Gasteiger partial charge on any atom is 0.434 e. The molecule has 0 amide bonds. The zero-order chi connectivity index (χ0) is 18.9. The largest absolute Gasteiger partial charge is 0.434 e. The highest BCUT2D eigenvalue weighted by atomic mass is 35.5. The van der Waals surface area contributed by atoms with Crippen LogP contribution in [0.2, 0.25) is 5.02 Å². The van der Waals surface area contributed by atoms with Crippen LogP contribution in [0.1, 0.15) is 28.6 Å². The Bertz CT molecular complexity index is 801. The molecule has 1 aromatic heterocycles. The topological polar surface area (TPSA) is 49.3 Å². The summed E-state index contributed by atoms with van der Waals surface area (Å²) in [5.41, 5.74) is -0.435. The van der Waals surface area contributed by atoms with E-state index in [1.54, 1.807) is 19.2 Å². The fourth-order valence-corrected chi connectivity index (χ4v) is 3.63. The Morgan fingerprint density at radius 2 is 2.19 bits per heavy atom. The minimum absolute atomic E-state index is 0.0439. The van der Waals surface area contributed by atoms with Crippen molar-refractivity contribution >= 4 is 28.9 Å². The van der Waals surface area contributed by atoms with E-state index in [0.29, 0.717) is 28.0 Å². The fourth-order valence-electron chi connectivity index (χ4n) is 2.59. The minimum atomic E-state index is -4.45. The van der Waals surface area contributed by atoms with Gasteiger partial charge in [-0.25, -0.2) is 9.37 Å². The number of alkyl halides is 3. The van der Waals surface area contributed by atoms with E-state index in [-0.39, 0.29) is 24.3 Å². The molecule has 1 heterocycles. The average Bonchev–Trinajstić information content (AvgIpc) is 3.12. The van der Waals surface area contributed by atoms with E-state index < -0.39 is 11.9 Å². The first-order valence-corrected chi connectivity index (χ1v) is 8.98. The quantitative estimate of drug-likeness (QED) is 0.455. The molecule has 1 aliphatic rings. The maximum atomic E-state index is 13.9. The molecule has 1 aromatic carbocycles. The standard InChI is InChI=1S/C16H15ClF4N4S/c1-22-15(23-6-13-25-12(7-26-13)16(19,20)21)24-11-5-8(11)14-9(17)3-2-4-10(14)18/h2-4,7-8,11H,5-6H2,1H3,(H2,22,23,24). The van der Waals surface area contributed by atoms with Gasteiger partial charge >= 0.3 is 6.18 Å². The Morgan fingerprint density at radius 1 is 1.42 bits per heavy atom. The molecule has 2 unspecified atom stereocenters. The van der Waals surface area contributed by atoms with Crippen LogP contribution in [0.4, 0.5) is 17.6 Å². The highest BCUT2D eigenvalue weighted by Gasteiger charge is 2.42. The molecule has 10 heteroatoms. The SMILES string of the molecule is CN=C(NCc1nc(C(F)(F)F)cs1)NC1CC1c1c(F)cccc1Cl. The molecule has 26 heavy (non-hydrogen) atoms. The van der Waals surface area contributed by atoms with Crippen LogP contribution in [0.3, 0.4) is 0 Å². The second-order valence-corrected chi connectivity index (χ2v) is 7.13. The zero-order valence-electron chi connectivity index (χ0n) is 13.6. The van der Waals surface area contributed by atoms with E-state index in [1.807, 2.05) is 0 Å². The van der Waals surface area contributed by atoms with Gasteiger partial charge in [0.25, 0.3) is 0 Å². The molecule has 0 aliphatic heterocycles. The van der Waals surface area contributed by atoms with Gasteiger partial charge in [-0.15, -0.1) is 11.3 Å². The monoisotopic (exact) mass is 406 g/mol. The summed E-state index contributed by atoms with van der Waals surface area (Å²) in [7, 11) is 1.55. The molecule has 2 atom stereocenters. The lowest BCUT2D eigenvalue weighted by atomic mass is 10.1. The molecule has 1 saturated carbocycles. The zero-order valence-corrected chi connectivity index (χ0v) is 15.1. The lowest BCUT2D eigenvalue weighted by molar-refractivity contribution is -0.140. The number of halogens is 5. The van der Waals surface area contributed by atoms with E-state index in [2.05, 4.69) is 20.6 Å². The molecule has 2 aromatic rings. The van der Waals surface area contributed by atoms with Crippen molar-refractivity contribution in [2.24, 2.45) is 4.99 Å². The maximum absolute atomic E-state index is 13.9. The Balaban J connectivity index is 1.56. The summed E-state index contributed by atoms with van der Waals surface area (Å²) in [6.45, 7) is 0.109. The van der Waals surface area contributed by atoms with E-state index >= 15 is 0 Å². The first-order valence-electron chi connectivity index (χ1n) is 7.72. The molecule has 140 valence electrons. The number of hydrogen-bond acceptors (Lipinski definition) is 3. The first-order chi connectivity index (χ1) is 12.3. The smallest absolute Gasteiger partial charge is 0.353 e. The van der Waals surface area contributed by atoms with Crippen LogP contribution >= 0.6 is 22.9 Å². The summed E-state index contributed by atoms with van der Waals surface area (Å²) in [5, 5.41) is 7.69. The number of nitrogens with one attached hydrogen (secondary N) is 2. The van der Waals surface area contributed by atoms with Gasteiger partial charge in [0.1, 0.15) is 10.8 Å². The number of nitrogens with zero attached hydrogens (tertiary/aromatic N) is 2. The van der Waals surface area contributed by atoms with Crippen molar-refractivity contribution in [1.82, 2.24) is 15.6 Å². The van der Waals surface area contributed by atoms with Crippen molar-refractivity contribution in [3.05, 3.63) is 50.7 Å². The minimum Gasteiger partial charge on any atom is -0.353 e. The molecule has 1 aliphatic carbocycles. The van der Waals surface area contributed by atoms with Gasteiger partial charge in [0.2, 0.25) is 0 Å². The van der Waals surface area contributed by atoms with Crippen LogP contribution in [-0.4, -0.2) is 24.0 Å². The fraction of sp³-hybridized carbons (Fsp3) is 0.375. The number of rotatable bonds is 4. The third-order valence-electron chi connectivity index (χ3n) is 3.96. The lowest BCUT2D eigenvalue weighted by Crippen LogP contribution is -2.38. The summed E-state index contributed by atoms with van der Waals surface area (Å²) in [6, 6.07) is 4.51. The van der Waals surface area contributed by atoms with Gasteiger partial charge in [0.05, 0.1) is 6.54 Å². The van der Waals surface area contributed by atoms with Crippen LogP contribution in [0.15, 0.2) is 28.6 Å². The third-order valence-corrected chi connectivity index (χ3v) is 5.13. The van der Waals surface area contributed by atoms with Gasteiger partial charge in [-0.2, -0.15) is 13.2 Å². The summed E-state index contributed by atoms with van der Waals surface area (Å²) >= 11 is 6.99. The average molecular weight is 407 g/mol. The number of benzene rings is 1. The molecule has 0 saturated heterocycles. The van der Waals surface area contributed by atoms with E-state index in [1.165, 1.54) is 6.07 Å². The molecule has 1 fully saturated rings. The van der Waals surface area contributed by atoms with Crippen LogP contribution in [0.5, 0.6) is 0 Å². The molecule has 4 nitrogen and oxygen atoms in total. The Labute approximate surface area is 156 Å². The molecule has 2 N–H and O–H groups in total. The van der Waals surface area contributed by atoms with Gasteiger partial charge in [-0.1, -0.05) is 17.7 Å². The molecule has 0 bridgehead atoms. The number of aliphatic imine (C=N–C) groups is 1. The summed E-state index contributed by atoms with van der Waals surface area (Å²) in [6.07, 6.45) is -3.76. The molecular weight excluding hydrogens is 392 g/mol. The normalized spacial score (nSPS) is 20.2. The van der Waals surface area contributed by atoms with Crippen molar-refractivity contribution in [3.63, 3.8) is 0 Å². The highest BCUT2D eigenvalue weighted by Crippen LogP contribution is 2.44.